The molecule has 0 fully saturated rings. The lowest BCUT2D eigenvalue weighted by Crippen LogP contribution is -2.15. The van der Waals surface area contributed by atoms with Crippen molar-refractivity contribution in [3.05, 3.63) is 28.3 Å². The van der Waals surface area contributed by atoms with Crippen LogP contribution in [0.2, 0.25) is 5.02 Å². The van der Waals surface area contributed by atoms with E-state index in [0.29, 0.717) is 35.7 Å². The molecule has 2 rings (SSSR count). The fourth-order valence-electron chi connectivity index (χ4n) is 2.16. The molecule has 22 heavy (non-hydrogen) atoms. The number of amides is 1. The van der Waals surface area contributed by atoms with Gasteiger partial charge in [-0.15, -0.1) is 0 Å². The van der Waals surface area contributed by atoms with E-state index in [1.807, 2.05) is 6.92 Å². The number of nitrogens with one attached hydrogen (secondary N) is 1. The van der Waals surface area contributed by atoms with Gasteiger partial charge in [-0.05, 0) is 43.9 Å². The highest BCUT2D eigenvalue weighted by atomic mass is 35.5. The zero-order chi connectivity index (χ0) is 16.1. The molecule has 1 amide bonds. The normalized spacial score (nSPS) is 14.8. The molecule has 1 aromatic carbocycles. The molecule has 1 aliphatic rings. The van der Waals surface area contributed by atoms with Crippen molar-refractivity contribution < 1.29 is 19.5 Å². The summed E-state index contributed by atoms with van der Waals surface area (Å²) in [5.74, 6) is -1.11. The Balaban J connectivity index is 1.90. The molecule has 2 N–H and O–H groups in total. The summed E-state index contributed by atoms with van der Waals surface area (Å²) >= 11 is 6.02. The van der Waals surface area contributed by atoms with Gasteiger partial charge in [0, 0.05) is 17.0 Å². The number of unbranched alkanes of at least 4 members (excludes halogenated alkanes) is 2. The smallest absolute Gasteiger partial charge is 0.303 e. The predicted octanol–water partition coefficient (Wildman–Crippen LogP) is 2.97. The molecule has 1 heterocycles. The van der Waals surface area contributed by atoms with E-state index in [1.54, 1.807) is 12.1 Å². The van der Waals surface area contributed by atoms with E-state index < -0.39 is 5.97 Å². The Morgan fingerprint density at radius 2 is 2.14 bits per heavy atom. The molecular formula is C15H17ClN2O4. The zero-order valence-electron chi connectivity index (χ0n) is 12.2. The van der Waals surface area contributed by atoms with Gasteiger partial charge in [0.15, 0.2) is 5.71 Å². The average molecular weight is 325 g/mol. The Hall–Kier alpha value is -2.08. The number of carbonyl (C=O) groups is 2. The topological polar surface area (TPSA) is 88.0 Å². The van der Waals surface area contributed by atoms with Gasteiger partial charge >= 0.3 is 5.97 Å². The summed E-state index contributed by atoms with van der Waals surface area (Å²) in [6.45, 7) is 2.17. The maximum atomic E-state index is 11.9. The van der Waals surface area contributed by atoms with Crippen molar-refractivity contribution >= 4 is 34.9 Å². The first kappa shape index (κ1) is 16.3. The van der Waals surface area contributed by atoms with Crippen molar-refractivity contribution in [2.24, 2.45) is 5.16 Å². The van der Waals surface area contributed by atoms with Crippen LogP contribution in [0.1, 0.15) is 36.8 Å². The molecule has 0 radical (unpaired) electrons. The number of anilines is 1. The number of carboxylic acids is 1. The van der Waals surface area contributed by atoms with E-state index in [-0.39, 0.29) is 18.0 Å². The minimum absolute atomic E-state index is 0.157. The van der Waals surface area contributed by atoms with Crippen molar-refractivity contribution in [2.45, 2.75) is 32.6 Å². The fourth-order valence-corrected chi connectivity index (χ4v) is 2.32. The van der Waals surface area contributed by atoms with Gasteiger partial charge in [0.2, 0.25) is 0 Å². The third-order valence-electron chi connectivity index (χ3n) is 3.39. The van der Waals surface area contributed by atoms with Gasteiger partial charge in [-0.2, -0.15) is 0 Å². The monoisotopic (exact) mass is 324 g/mol. The SMILES string of the molecule is Cc1c(Cl)ccc2c1NC(=O)C2=NOCCCCCC(=O)O. The summed E-state index contributed by atoms with van der Waals surface area (Å²) in [6, 6.07) is 3.45. The highest BCUT2D eigenvalue weighted by Gasteiger charge is 2.28. The second-order valence-electron chi connectivity index (χ2n) is 5.03. The summed E-state index contributed by atoms with van der Waals surface area (Å²) < 4.78 is 0. The van der Waals surface area contributed by atoms with Crippen LogP contribution in [0.4, 0.5) is 5.69 Å². The minimum Gasteiger partial charge on any atom is -0.481 e. The van der Waals surface area contributed by atoms with Gasteiger partial charge in [-0.1, -0.05) is 16.8 Å². The molecule has 0 aliphatic carbocycles. The first-order chi connectivity index (χ1) is 10.5. The maximum Gasteiger partial charge on any atom is 0.303 e. The number of halogens is 1. The number of hydrogen-bond donors (Lipinski definition) is 2. The Morgan fingerprint density at radius 3 is 2.86 bits per heavy atom. The van der Waals surface area contributed by atoms with Gasteiger partial charge in [0.25, 0.3) is 5.91 Å². The van der Waals surface area contributed by atoms with Gasteiger partial charge in [-0.3, -0.25) is 9.59 Å². The summed E-state index contributed by atoms with van der Waals surface area (Å²) in [5.41, 5.74) is 2.38. The molecule has 0 spiro atoms. The molecular weight excluding hydrogens is 308 g/mol. The highest BCUT2D eigenvalue weighted by molar-refractivity contribution is 6.54. The number of oxime groups is 1. The lowest BCUT2D eigenvalue weighted by Gasteiger charge is -2.04. The Kier molecular flexibility index (Phi) is 5.38. The first-order valence-corrected chi connectivity index (χ1v) is 7.41. The van der Waals surface area contributed by atoms with E-state index in [1.165, 1.54) is 0 Å². The van der Waals surface area contributed by atoms with Crippen molar-refractivity contribution in [3.63, 3.8) is 0 Å². The maximum absolute atomic E-state index is 11.9. The number of benzene rings is 1. The van der Waals surface area contributed by atoms with Crippen LogP contribution in [0.25, 0.3) is 0 Å². The van der Waals surface area contributed by atoms with Crippen LogP contribution in [0.5, 0.6) is 0 Å². The molecule has 1 aromatic rings. The van der Waals surface area contributed by atoms with E-state index in [4.69, 9.17) is 21.5 Å². The van der Waals surface area contributed by atoms with Gasteiger partial charge < -0.3 is 15.3 Å². The number of nitrogens with zero attached hydrogens (tertiary/aromatic N) is 1. The molecule has 0 unspecified atom stereocenters. The Labute approximate surface area is 133 Å². The van der Waals surface area contributed by atoms with E-state index in [0.717, 1.165) is 12.0 Å². The van der Waals surface area contributed by atoms with Crippen LogP contribution < -0.4 is 5.32 Å². The minimum atomic E-state index is -0.797. The molecule has 0 saturated carbocycles. The fraction of sp³-hybridized carbons (Fsp3) is 0.400. The van der Waals surface area contributed by atoms with Crippen LogP contribution in [0, 0.1) is 6.92 Å². The first-order valence-electron chi connectivity index (χ1n) is 7.03. The Bertz CT molecular complexity index is 628. The van der Waals surface area contributed by atoms with Gasteiger partial charge in [0.05, 0.1) is 5.69 Å². The van der Waals surface area contributed by atoms with Gasteiger partial charge in [-0.25, -0.2) is 0 Å². The molecule has 0 aromatic heterocycles. The lowest BCUT2D eigenvalue weighted by molar-refractivity contribution is -0.137. The van der Waals surface area contributed by atoms with Gasteiger partial charge in [0.1, 0.15) is 6.61 Å². The molecule has 1 aliphatic heterocycles. The van der Waals surface area contributed by atoms with Crippen molar-refractivity contribution in [2.75, 3.05) is 11.9 Å². The average Bonchev–Trinajstić information content (AvgIpc) is 2.79. The van der Waals surface area contributed by atoms with E-state index in [2.05, 4.69) is 10.5 Å². The molecule has 6 nitrogen and oxygen atoms in total. The molecule has 7 heteroatoms. The predicted molar refractivity (Wildman–Crippen MR) is 83.4 cm³/mol. The number of aliphatic carboxylic acids is 1. The van der Waals surface area contributed by atoms with Crippen molar-refractivity contribution in [1.82, 2.24) is 0 Å². The largest absolute Gasteiger partial charge is 0.481 e. The summed E-state index contributed by atoms with van der Waals surface area (Å²) in [4.78, 5) is 27.4. The third kappa shape index (κ3) is 3.76. The quantitative estimate of drug-likeness (QED) is 0.596. The van der Waals surface area contributed by atoms with Crippen molar-refractivity contribution in [1.29, 1.82) is 0 Å². The van der Waals surface area contributed by atoms with Crippen LogP contribution in [-0.4, -0.2) is 29.3 Å². The number of carbonyl (C=O) groups excluding carboxylic acids is 1. The number of carboxylic acid groups (broad SMARTS) is 1. The van der Waals surface area contributed by atoms with E-state index >= 15 is 0 Å². The number of fused-ring (bicyclic) bond motifs is 1. The summed E-state index contributed by atoms with van der Waals surface area (Å²) in [7, 11) is 0. The molecule has 0 atom stereocenters. The molecule has 0 bridgehead atoms. The molecule has 0 saturated heterocycles. The highest BCUT2D eigenvalue weighted by Crippen LogP contribution is 2.32. The Morgan fingerprint density at radius 1 is 1.36 bits per heavy atom. The van der Waals surface area contributed by atoms with Crippen LogP contribution in [0.15, 0.2) is 17.3 Å². The molecule has 118 valence electrons. The number of hydrogen-bond acceptors (Lipinski definition) is 4. The van der Waals surface area contributed by atoms with Crippen LogP contribution in [0.3, 0.4) is 0 Å². The summed E-state index contributed by atoms with van der Waals surface area (Å²) in [5, 5.41) is 15.7. The lowest BCUT2D eigenvalue weighted by atomic mass is 10.1. The zero-order valence-corrected chi connectivity index (χ0v) is 12.9. The summed E-state index contributed by atoms with van der Waals surface area (Å²) in [6.07, 6.45) is 2.20. The van der Waals surface area contributed by atoms with E-state index in [9.17, 15) is 9.59 Å². The van der Waals surface area contributed by atoms with Crippen molar-refractivity contribution in [3.8, 4) is 0 Å². The second-order valence-corrected chi connectivity index (χ2v) is 5.43. The van der Waals surface area contributed by atoms with Crippen LogP contribution in [-0.2, 0) is 14.4 Å². The third-order valence-corrected chi connectivity index (χ3v) is 3.80. The standard InChI is InChI=1S/C15H17ClN2O4/c1-9-11(16)7-6-10-13(9)17-15(21)14(10)18-22-8-4-2-3-5-12(19)20/h6-7H,2-5,8H2,1H3,(H,19,20)(H,17,18,21). The number of rotatable bonds is 7. The van der Waals surface area contributed by atoms with Crippen LogP contribution >= 0.6 is 11.6 Å². The second kappa shape index (κ2) is 7.26.